The van der Waals surface area contributed by atoms with Crippen molar-refractivity contribution in [2.45, 2.75) is 20.0 Å². The van der Waals surface area contributed by atoms with Gasteiger partial charge in [0.2, 0.25) is 0 Å². The van der Waals surface area contributed by atoms with Gasteiger partial charge in [-0.1, -0.05) is 23.2 Å². The van der Waals surface area contributed by atoms with E-state index in [9.17, 15) is 14.7 Å². The topological polar surface area (TPSA) is 85.7 Å². The van der Waals surface area contributed by atoms with Crippen LogP contribution < -0.4 is 4.74 Å². The molecule has 8 heteroatoms. The number of carbonyl (C=O) groups is 2. The predicted molar refractivity (Wildman–Crippen MR) is 93.1 cm³/mol. The number of nitrogens with zero attached hydrogens (tertiary/aromatic N) is 1. The van der Waals surface area contributed by atoms with E-state index >= 15 is 0 Å². The van der Waals surface area contributed by atoms with E-state index in [1.54, 1.807) is 13.0 Å². The molecule has 0 amide bonds. The van der Waals surface area contributed by atoms with Crippen molar-refractivity contribution in [1.82, 2.24) is 4.98 Å². The summed E-state index contributed by atoms with van der Waals surface area (Å²) in [6.07, 6.45) is -0.0227. The monoisotopic (exact) mass is 383 g/mol. The lowest BCUT2D eigenvalue weighted by atomic mass is 10.1. The van der Waals surface area contributed by atoms with Crippen LogP contribution >= 0.6 is 23.2 Å². The molecule has 0 aliphatic carbocycles. The number of Topliss-reactive ketones (excluding diaryl/α,β-unsaturated/α-hetero) is 1. The highest BCUT2D eigenvalue weighted by Crippen LogP contribution is 2.35. The summed E-state index contributed by atoms with van der Waals surface area (Å²) >= 11 is 11.9. The first-order valence-electron chi connectivity index (χ1n) is 7.31. The SMILES string of the molecule is CCOC(=O)C(Oc1ccc(-c2ncc(Cl)cc2Cl)cc1O)C(C)=O. The van der Waals surface area contributed by atoms with Crippen molar-refractivity contribution >= 4 is 35.0 Å². The van der Waals surface area contributed by atoms with E-state index in [4.69, 9.17) is 32.7 Å². The highest BCUT2D eigenvalue weighted by molar-refractivity contribution is 6.36. The van der Waals surface area contributed by atoms with Crippen molar-refractivity contribution < 1.29 is 24.2 Å². The number of halogens is 2. The average molecular weight is 384 g/mol. The summed E-state index contributed by atoms with van der Waals surface area (Å²) in [7, 11) is 0. The lowest BCUT2D eigenvalue weighted by molar-refractivity contribution is -0.155. The zero-order chi connectivity index (χ0) is 18.6. The largest absolute Gasteiger partial charge is 0.504 e. The molecule has 0 saturated carbocycles. The maximum Gasteiger partial charge on any atom is 0.355 e. The van der Waals surface area contributed by atoms with Crippen molar-refractivity contribution in [3.63, 3.8) is 0 Å². The van der Waals surface area contributed by atoms with E-state index in [0.717, 1.165) is 0 Å². The van der Waals surface area contributed by atoms with Crippen LogP contribution in [0, 0.1) is 0 Å². The summed E-state index contributed by atoms with van der Waals surface area (Å²) in [6, 6.07) is 5.88. The second-order valence-electron chi connectivity index (χ2n) is 5.03. The van der Waals surface area contributed by atoms with Gasteiger partial charge in [-0.3, -0.25) is 9.78 Å². The fourth-order valence-corrected chi connectivity index (χ4v) is 2.52. The summed E-state index contributed by atoms with van der Waals surface area (Å²) in [5, 5.41) is 10.9. The molecule has 1 atom stereocenters. The van der Waals surface area contributed by atoms with Gasteiger partial charge < -0.3 is 14.6 Å². The number of aromatic nitrogens is 1. The van der Waals surface area contributed by atoms with Crippen LogP contribution in [0.5, 0.6) is 11.5 Å². The van der Waals surface area contributed by atoms with Gasteiger partial charge in [-0.2, -0.15) is 0 Å². The van der Waals surface area contributed by atoms with Gasteiger partial charge in [0, 0.05) is 11.8 Å². The van der Waals surface area contributed by atoms with Gasteiger partial charge in [0.05, 0.1) is 22.3 Å². The Morgan fingerprint density at radius 1 is 1.28 bits per heavy atom. The van der Waals surface area contributed by atoms with E-state index in [0.29, 0.717) is 21.3 Å². The Labute approximate surface area is 154 Å². The van der Waals surface area contributed by atoms with E-state index in [-0.39, 0.29) is 18.1 Å². The standard InChI is InChI=1S/C17H15Cl2NO5/c1-3-24-17(23)16(9(2)21)25-14-5-4-10(6-13(14)22)15-12(19)7-11(18)8-20-15/h4-8,16,22H,3H2,1-2H3. The lowest BCUT2D eigenvalue weighted by Gasteiger charge is -2.16. The normalized spacial score (nSPS) is 11.7. The molecule has 0 fully saturated rings. The van der Waals surface area contributed by atoms with E-state index in [1.165, 1.54) is 31.3 Å². The number of hydrogen-bond donors (Lipinski definition) is 1. The minimum absolute atomic E-state index is 0.0397. The maximum absolute atomic E-state index is 11.8. The average Bonchev–Trinajstić information content (AvgIpc) is 2.53. The predicted octanol–water partition coefficient (Wildman–Crippen LogP) is 3.66. The van der Waals surface area contributed by atoms with Crippen LogP contribution in [-0.2, 0) is 14.3 Å². The molecule has 0 saturated heterocycles. The first-order chi connectivity index (χ1) is 11.8. The van der Waals surface area contributed by atoms with Gasteiger partial charge in [0.25, 0.3) is 6.10 Å². The lowest BCUT2D eigenvalue weighted by Crippen LogP contribution is -2.35. The molecule has 2 rings (SSSR count). The first kappa shape index (κ1) is 19.0. The Bertz CT molecular complexity index is 810. The van der Waals surface area contributed by atoms with Crippen molar-refractivity contribution in [3.8, 4) is 22.8 Å². The Hall–Kier alpha value is -2.31. The fraction of sp³-hybridized carbons (Fsp3) is 0.235. The van der Waals surface area contributed by atoms with E-state index < -0.39 is 17.9 Å². The molecule has 1 N–H and O–H groups in total. The number of aromatic hydroxyl groups is 1. The van der Waals surface area contributed by atoms with Gasteiger partial charge >= 0.3 is 5.97 Å². The smallest absolute Gasteiger partial charge is 0.355 e. The number of hydrogen-bond acceptors (Lipinski definition) is 6. The number of ether oxygens (including phenoxy) is 2. The number of ketones is 1. The number of phenolic OH excluding ortho intramolecular Hbond substituents is 1. The highest BCUT2D eigenvalue weighted by Gasteiger charge is 2.28. The van der Waals surface area contributed by atoms with E-state index in [1.807, 2.05) is 0 Å². The molecular formula is C17H15Cl2NO5. The van der Waals surface area contributed by atoms with Crippen LogP contribution in [0.3, 0.4) is 0 Å². The van der Waals surface area contributed by atoms with Crippen LogP contribution in [0.1, 0.15) is 13.8 Å². The summed E-state index contributed by atoms with van der Waals surface area (Å²) in [5.74, 6) is -1.67. The van der Waals surface area contributed by atoms with E-state index in [2.05, 4.69) is 4.98 Å². The summed E-state index contributed by atoms with van der Waals surface area (Å²) < 4.78 is 10.1. The van der Waals surface area contributed by atoms with Crippen molar-refractivity contribution in [2.24, 2.45) is 0 Å². The second-order valence-corrected chi connectivity index (χ2v) is 5.87. The minimum Gasteiger partial charge on any atom is -0.504 e. The zero-order valence-corrected chi connectivity index (χ0v) is 15.0. The molecule has 132 valence electrons. The maximum atomic E-state index is 11.8. The Balaban J connectivity index is 2.29. The molecule has 0 radical (unpaired) electrons. The van der Waals surface area contributed by atoms with Crippen LogP contribution in [0.15, 0.2) is 30.5 Å². The number of carbonyl (C=O) groups excluding carboxylic acids is 2. The van der Waals surface area contributed by atoms with Gasteiger partial charge in [0.1, 0.15) is 0 Å². The fourth-order valence-electron chi connectivity index (χ4n) is 2.03. The molecule has 0 aliphatic rings. The highest BCUT2D eigenvalue weighted by atomic mass is 35.5. The molecule has 6 nitrogen and oxygen atoms in total. The third kappa shape index (κ3) is 4.61. The molecule has 1 unspecified atom stereocenters. The molecular weight excluding hydrogens is 369 g/mol. The molecule has 0 aliphatic heterocycles. The Morgan fingerprint density at radius 2 is 2.00 bits per heavy atom. The molecule has 1 aromatic carbocycles. The quantitative estimate of drug-likeness (QED) is 0.604. The van der Waals surface area contributed by atoms with Gasteiger partial charge in [0.15, 0.2) is 17.3 Å². The van der Waals surface area contributed by atoms with Crippen LogP contribution in [0.25, 0.3) is 11.3 Å². The third-order valence-corrected chi connectivity index (χ3v) is 3.65. The van der Waals surface area contributed by atoms with Crippen molar-refractivity contribution in [1.29, 1.82) is 0 Å². The van der Waals surface area contributed by atoms with Crippen LogP contribution in [-0.4, -0.2) is 34.6 Å². The van der Waals surface area contributed by atoms with Crippen molar-refractivity contribution in [2.75, 3.05) is 6.61 Å². The molecule has 0 bridgehead atoms. The second kappa shape index (κ2) is 8.18. The van der Waals surface area contributed by atoms with Crippen LogP contribution in [0.4, 0.5) is 0 Å². The molecule has 1 aromatic heterocycles. The molecule has 1 heterocycles. The molecule has 0 spiro atoms. The van der Waals surface area contributed by atoms with Crippen LogP contribution in [0.2, 0.25) is 10.0 Å². The van der Waals surface area contributed by atoms with Crippen molar-refractivity contribution in [3.05, 3.63) is 40.5 Å². The minimum atomic E-state index is -1.45. The summed E-state index contributed by atoms with van der Waals surface area (Å²) in [5.41, 5.74) is 0.934. The molecule has 25 heavy (non-hydrogen) atoms. The summed E-state index contributed by atoms with van der Waals surface area (Å²) in [4.78, 5) is 27.5. The third-order valence-electron chi connectivity index (χ3n) is 3.15. The van der Waals surface area contributed by atoms with Gasteiger partial charge in [-0.05, 0) is 38.1 Å². The Kier molecular flexibility index (Phi) is 6.22. The number of rotatable bonds is 6. The van der Waals surface area contributed by atoms with Gasteiger partial charge in [-0.15, -0.1) is 0 Å². The number of benzene rings is 1. The first-order valence-corrected chi connectivity index (χ1v) is 8.07. The summed E-state index contributed by atoms with van der Waals surface area (Å²) in [6.45, 7) is 2.92. The number of phenols is 1. The Morgan fingerprint density at radius 3 is 2.56 bits per heavy atom. The number of esters is 1. The number of pyridine rings is 1. The van der Waals surface area contributed by atoms with Gasteiger partial charge in [-0.25, -0.2) is 4.79 Å². The molecule has 2 aromatic rings. The zero-order valence-electron chi connectivity index (χ0n) is 13.5.